The van der Waals surface area contributed by atoms with E-state index in [0.29, 0.717) is 23.3 Å². The lowest BCUT2D eigenvalue weighted by Crippen LogP contribution is -2.07. The van der Waals surface area contributed by atoms with E-state index in [1.54, 1.807) is 12.4 Å². The highest BCUT2D eigenvalue weighted by Gasteiger charge is 2.08. The molecule has 0 fully saturated rings. The van der Waals surface area contributed by atoms with E-state index in [9.17, 15) is 0 Å². The van der Waals surface area contributed by atoms with Crippen LogP contribution in [-0.2, 0) is 6.54 Å². The highest BCUT2D eigenvalue weighted by Crippen LogP contribution is 2.29. The van der Waals surface area contributed by atoms with E-state index in [2.05, 4.69) is 36.9 Å². The van der Waals surface area contributed by atoms with Crippen LogP contribution >= 0.6 is 11.6 Å². The minimum absolute atomic E-state index is 0.423. The Morgan fingerprint density at radius 1 is 1.17 bits per heavy atom. The van der Waals surface area contributed by atoms with Crippen molar-refractivity contribution in [1.82, 2.24) is 20.2 Å². The van der Waals surface area contributed by atoms with Gasteiger partial charge < -0.3 is 10.6 Å². The van der Waals surface area contributed by atoms with E-state index < -0.39 is 0 Å². The number of nitrogens with zero attached hydrogens (tertiary/aromatic N) is 4. The van der Waals surface area contributed by atoms with Crippen LogP contribution in [0.1, 0.15) is 16.8 Å². The van der Waals surface area contributed by atoms with Crippen LogP contribution in [0.2, 0.25) is 5.02 Å². The predicted octanol–water partition coefficient (Wildman–Crippen LogP) is 3.89. The van der Waals surface area contributed by atoms with Crippen LogP contribution in [0.15, 0.2) is 42.7 Å². The molecule has 2 N–H and O–H groups in total. The van der Waals surface area contributed by atoms with Crippen molar-refractivity contribution in [3.05, 3.63) is 64.6 Å². The predicted molar refractivity (Wildman–Crippen MR) is 95.6 cm³/mol. The monoisotopic (exact) mass is 340 g/mol. The number of anilines is 3. The fraction of sp³-hybridized carbons (Fsp3) is 0.176. The lowest BCUT2D eigenvalue weighted by molar-refractivity contribution is 0.934. The van der Waals surface area contributed by atoms with E-state index in [1.165, 1.54) is 0 Å². The second-order valence-electron chi connectivity index (χ2n) is 5.40. The van der Waals surface area contributed by atoms with Gasteiger partial charge in [-0.3, -0.25) is 4.98 Å². The van der Waals surface area contributed by atoms with Gasteiger partial charge in [-0.1, -0.05) is 23.7 Å². The van der Waals surface area contributed by atoms with Crippen molar-refractivity contribution in [2.75, 3.05) is 10.6 Å². The summed E-state index contributed by atoms with van der Waals surface area (Å²) >= 11 is 6.32. The molecule has 0 aliphatic rings. The maximum Gasteiger partial charge on any atom is 0.245 e. The van der Waals surface area contributed by atoms with Crippen LogP contribution in [-0.4, -0.2) is 20.2 Å². The van der Waals surface area contributed by atoms with Gasteiger partial charge in [0.1, 0.15) is 0 Å². The first kappa shape index (κ1) is 16.1. The molecule has 2 aromatic heterocycles. The summed E-state index contributed by atoms with van der Waals surface area (Å²) in [6.07, 6.45) is 3.30. The van der Waals surface area contributed by atoms with Gasteiger partial charge in [0.05, 0.1) is 29.1 Å². The topological polar surface area (TPSA) is 75.6 Å². The van der Waals surface area contributed by atoms with Crippen molar-refractivity contribution >= 4 is 29.1 Å². The molecule has 0 atom stereocenters. The Balaban J connectivity index is 1.74. The number of aromatic nitrogens is 4. The smallest absolute Gasteiger partial charge is 0.245 e. The summed E-state index contributed by atoms with van der Waals surface area (Å²) in [5.74, 6) is 0.994. The Kier molecular flexibility index (Phi) is 4.86. The van der Waals surface area contributed by atoms with Gasteiger partial charge in [0.25, 0.3) is 0 Å². The van der Waals surface area contributed by atoms with E-state index in [-0.39, 0.29) is 0 Å². The minimum Gasteiger partial charge on any atom is -0.347 e. The van der Waals surface area contributed by atoms with E-state index in [4.69, 9.17) is 11.6 Å². The number of hydrogen-bond acceptors (Lipinski definition) is 6. The Hall–Kier alpha value is -2.73. The van der Waals surface area contributed by atoms with Crippen LogP contribution < -0.4 is 10.6 Å². The molecule has 7 heteroatoms. The van der Waals surface area contributed by atoms with Crippen molar-refractivity contribution in [2.45, 2.75) is 20.4 Å². The average Bonchev–Trinajstić information content (AvgIpc) is 2.58. The first-order chi connectivity index (χ1) is 11.6. The Labute approximate surface area is 145 Å². The quantitative estimate of drug-likeness (QED) is 0.733. The van der Waals surface area contributed by atoms with Crippen molar-refractivity contribution in [1.29, 1.82) is 0 Å². The van der Waals surface area contributed by atoms with Gasteiger partial charge in [0.2, 0.25) is 5.95 Å². The largest absolute Gasteiger partial charge is 0.347 e. The average molecular weight is 341 g/mol. The van der Waals surface area contributed by atoms with Gasteiger partial charge in [-0.25, -0.2) is 0 Å². The standard InChI is InChI=1S/C17H17ClN6/c1-11-7-12(2)16(14(18)8-11)22-15-10-21-24-17(23-15)20-9-13-5-3-4-6-19-13/h3-8,10H,9H2,1-2H3,(H2,20,22,23,24). The van der Waals surface area contributed by atoms with Crippen molar-refractivity contribution in [3.63, 3.8) is 0 Å². The minimum atomic E-state index is 0.423. The summed E-state index contributed by atoms with van der Waals surface area (Å²) in [6, 6.07) is 9.70. The molecule has 3 rings (SSSR count). The van der Waals surface area contributed by atoms with E-state index in [1.807, 2.05) is 38.1 Å². The molecule has 2 heterocycles. The Morgan fingerprint density at radius 2 is 2.04 bits per heavy atom. The molecular formula is C17H17ClN6. The molecule has 0 aliphatic heterocycles. The summed E-state index contributed by atoms with van der Waals surface area (Å²) in [6.45, 7) is 4.53. The summed E-state index contributed by atoms with van der Waals surface area (Å²) in [7, 11) is 0. The number of hydrogen-bond donors (Lipinski definition) is 2. The zero-order valence-corrected chi connectivity index (χ0v) is 14.2. The van der Waals surface area contributed by atoms with Crippen LogP contribution in [0, 0.1) is 13.8 Å². The van der Waals surface area contributed by atoms with Gasteiger partial charge in [-0.2, -0.15) is 10.1 Å². The number of pyridine rings is 1. The molecule has 0 aliphatic carbocycles. The second-order valence-corrected chi connectivity index (χ2v) is 5.81. The fourth-order valence-electron chi connectivity index (χ4n) is 2.31. The molecule has 0 unspecified atom stereocenters. The molecule has 0 radical (unpaired) electrons. The SMILES string of the molecule is Cc1cc(C)c(Nc2cnnc(NCc3ccccn3)n2)c(Cl)c1. The molecule has 122 valence electrons. The van der Waals surface area contributed by atoms with Crippen molar-refractivity contribution in [2.24, 2.45) is 0 Å². The van der Waals surface area contributed by atoms with E-state index >= 15 is 0 Å². The van der Waals surface area contributed by atoms with Crippen LogP contribution in [0.3, 0.4) is 0 Å². The number of rotatable bonds is 5. The lowest BCUT2D eigenvalue weighted by Gasteiger charge is -2.12. The van der Waals surface area contributed by atoms with Crippen LogP contribution in [0.4, 0.5) is 17.5 Å². The zero-order valence-electron chi connectivity index (χ0n) is 13.4. The molecular weight excluding hydrogens is 324 g/mol. The van der Waals surface area contributed by atoms with Gasteiger partial charge in [0, 0.05) is 6.20 Å². The summed E-state index contributed by atoms with van der Waals surface area (Å²) in [4.78, 5) is 8.65. The summed E-state index contributed by atoms with van der Waals surface area (Å²) in [5.41, 5.74) is 3.87. The number of aryl methyl sites for hydroxylation is 2. The number of benzene rings is 1. The normalized spacial score (nSPS) is 10.5. The Bertz CT molecular complexity index is 814. The number of nitrogens with one attached hydrogen (secondary N) is 2. The molecule has 0 bridgehead atoms. The zero-order chi connectivity index (χ0) is 16.9. The molecule has 24 heavy (non-hydrogen) atoms. The van der Waals surface area contributed by atoms with Crippen molar-refractivity contribution < 1.29 is 0 Å². The third-order valence-corrected chi connectivity index (χ3v) is 3.70. The first-order valence-corrected chi connectivity index (χ1v) is 7.87. The molecule has 0 amide bonds. The summed E-state index contributed by atoms with van der Waals surface area (Å²) < 4.78 is 0. The molecule has 0 spiro atoms. The molecule has 0 saturated heterocycles. The van der Waals surface area contributed by atoms with Gasteiger partial charge >= 0.3 is 0 Å². The fourth-order valence-corrected chi connectivity index (χ4v) is 2.68. The molecule has 0 saturated carbocycles. The van der Waals surface area contributed by atoms with Crippen LogP contribution in [0.25, 0.3) is 0 Å². The summed E-state index contributed by atoms with van der Waals surface area (Å²) in [5, 5.41) is 14.9. The maximum atomic E-state index is 6.32. The highest BCUT2D eigenvalue weighted by atomic mass is 35.5. The first-order valence-electron chi connectivity index (χ1n) is 7.49. The second kappa shape index (κ2) is 7.23. The maximum absolute atomic E-state index is 6.32. The molecule has 6 nitrogen and oxygen atoms in total. The third-order valence-electron chi connectivity index (χ3n) is 3.40. The van der Waals surface area contributed by atoms with Gasteiger partial charge in [-0.05, 0) is 43.2 Å². The van der Waals surface area contributed by atoms with E-state index in [0.717, 1.165) is 22.5 Å². The number of halogens is 1. The van der Waals surface area contributed by atoms with Gasteiger partial charge in [0.15, 0.2) is 5.82 Å². The molecule has 3 aromatic rings. The highest BCUT2D eigenvalue weighted by molar-refractivity contribution is 6.33. The Morgan fingerprint density at radius 3 is 2.79 bits per heavy atom. The lowest BCUT2D eigenvalue weighted by atomic mass is 10.1. The van der Waals surface area contributed by atoms with Gasteiger partial charge in [-0.15, -0.1) is 5.10 Å². The third kappa shape index (κ3) is 3.97. The van der Waals surface area contributed by atoms with Crippen molar-refractivity contribution in [3.8, 4) is 0 Å². The van der Waals surface area contributed by atoms with Crippen LogP contribution in [0.5, 0.6) is 0 Å². The molecule has 1 aromatic carbocycles.